The van der Waals surface area contributed by atoms with Crippen molar-refractivity contribution in [2.75, 3.05) is 36.0 Å². The summed E-state index contributed by atoms with van der Waals surface area (Å²) in [5.74, 6) is -3.84. The molecule has 2 N–H and O–H groups in total. The predicted octanol–water partition coefficient (Wildman–Crippen LogP) is 4.41. The number of anilines is 2. The number of aryl methyl sites for hydroxylation is 2. The molecule has 5 rings (SSSR count). The van der Waals surface area contributed by atoms with Crippen molar-refractivity contribution in [2.45, 2.75) is 39.2 Å². The summed E-state index contributed by atoms with van der Waals surface area (Å²) >= 11 is 0. The van der Waals surface area contributed by atoms with Crippen LogP contribution in [0.3, 0.4) is 0 Å². The fraction of sp³-hybridized carbons (Fsp3) is 0.312. The number of alkyl halides is 2. The number of carboxylic acids is 1. The molecular weight excluding hydrogens is 568 g/mol. The van der Waals surface area contributed by atoms with Crippen LogP contribution in [0.15, 0.2) is 66.9 Å². The maximum Gasteiger partial charge on any atom is 0.326 e. The smallest absolute Gasteiger partial charge is 0.326 e. The predicted molar refractivity (Wildman–Crippen MR) is 162 cm³/mol. The van der Waals surface area contributed by atoms with E-state index in [4.69, 9.17) is 4.98 Å². The number of amides is 1. The maximum atomic E-state index is 13.8. The SMILES string of the molecule is Cc1ccc(CC(NC(=O)c2cc(N3CCN(c4nccc(C(C)(F)F)n4)CC3)nc(-c3ccc(C)cc3)n2)C(=O)O)cc1. The van der Waals surface area contributed by atoms with Crippen molar-refractivity contribution in [1.82, 2.24) is 25.3 Å². The number of hydrogen-bond acceptors (Lipinski definition) is 8. The average Bonchev–Trinajstić information content (AvgIpc) is 3.01. The van der Waals surface area contributed by atoms with Gasteiger partial charge in [-0.15, -0.1) is 0 Å². The summed E-state index contributed by atoms with van der Waals surface area (Å²) in [6, 6.07) is 16.6. The Kier molecular flexibility index (Phi) is 8.79. The summed E-state index contributed by atoms with van der Waals surface area (Å²) in [6.07, 6.45) is 1.44. The number of nitrogens with zero attached hydrogens (tertiary/aromatic N) is 6. The number of hydrogen-bond donors (Lipinski definition) is 2. The van der Waals surface area contributed by atoms with Crippen LogP contribution in [0, 0.1) is 13.8 Å². The van der Waals surface area contributed by atoms with Crippen LogP contribution < -0.4 is 15.1 Å². The highest BCUT2D eigenvalue weighted by Gasteiger charge is 2.29. The minimum absolute atomic E-state index is 0.0318. The molecular formula is C32H33F2N7O3. The number of halogens is 2. The van der Waals surface area contributed by atoms with Gasteiger partial charge < -0.3 is 20.2 Å². The number of benzene rings is 2. The molecule has 1 aliphatic rings. The van der Waals surface area contributed by atoms with Crippen LogP contribution in [-0.4, -0.2) is 69.1 Å². The van der Waals surface area contributed by atoms with Crippen molar-refractivity contribution in [3.63, 3.8) is 0 Å². The van der Waals surface area contributed by atoms with Crippen molar-refractivity contribution >= 4 is 23.6 Å². The van der Waals surface area contributed by atoms with Crippen molar-refractivity contribution in [2.24, 2.45) is 0 Å². The number of carbonyl (C=O) groups is 2. The van der Waals surface area contributed by atoms with Crippen LogP contribution in [0.25, 0.3) is 11.4 Å². The van der Waals surface area contributed by atoms with E-state index in [0.29, 0.717) is 43.4 Å². The van der Waals surface area contributed by atoms with Crippen molar-refractivity contribution < 1.29 is 23.5 Å². The Morgan fingerprint density at radius 2 is 1.52 bits per heavy atom. The van der Waals surface area contributed by atoms with Gasteiger partial charge in [-0.2, -0.15) is 8.78 Å². The summed E-state index contributed by atoms with van der Waals surface area (Å²) in [5.41, 5.74) is 3.26. The Morgan fingerprint density at radius 1 is 0.909 bits per heavy atom. The van der Waals surface area contributed by atoms with Crippen LogP contribution in [0.4, 0.5) is 20.5 Å². The third-order valence-electron chi connectivity index (χ3n) is 7.40. The zero-order valence-electron chi connectivity index (χ0n) is 24.7. The Hall–Kier alpha value is -5.00. The lowest BCUT2D eigenvalue weighted by molar-refractivity contribution is -0.139. The van der Waals surface area contributed by atoms with Gasteiger partial charge in [0, 0.05) is 57.4 Å². The number of aromatic nitrogens is 4. The monoisotopic (exact) mass is 601 g/mol. The van der Waals surface area contributed by atoms with Crippen LogP contribution in [0.2, 0.25) is 0 Å². The standard InChI is InChI=1S/C32H33F2N7O3/c1-20-4-8-22(9-5-20)18-25(30(43)44)37-29(42)24-19-27(39-28(36-24)23-10-6-21(2)7-11-23)40-14-16-41(17-15-40)31-35-13-12-26(38-31)32(3,33)34/h4-13,19,25H,14-18H2,1-3H3,(H,37,42)(H,43,44). The van der Waals surface area contributed by atoms with Crippen LogP contribution in [0.1, 0.15) is 39.8 Å². The molecule has 2 aromatic heterocycles. The minimum atomic E-state index is -3.08. The van der Waals surface area contributed by atoms with Gasteiger partial charge >= 0.3 is 5.97 Å². The molecule has 2 aromatic carbocycles. The first-order valence-corrected chi connectivity index (χ1v) is 14.2. The van der Waals surface area contributed by atoms with Crippen molar-refractivity contribution in [1.29, 1.82) is 0 Å². The second-order valence-corrected chi connectivity index (χ2v) is 11.0. The zero-order valence-corrected chi connectivity index (χ0v) is 24.7. The second kappa shape index (κ2) is 12.7. The molecule has 0 saturated carbocycles. The van der Waals surface area contributed by atoms with Gasteiger partial charge in [0.05, 0.1) is 0 Å². The van der Waals surface area contributed by atoms with Crippen LogP contribution in [-0.2, 0) is 17.1 Å². The van der Waals surface area contributed by atoms with Crippen molar-refractivity contribution in [3.8, 4) is 11.4 Å². The molecule has 1 aliphatic heterocycles. The molecule has 4 aromatic rings. The summed E-state index contributed by atoms with van der Waals surface area (Å²) in [5, 5.41) is 12.5. The number of carbonyl (C=O) groups excluding carboxylic acids is 1. The Morgan fingerprint density at radius 3 is 2.14 bits per heavy atom. The molecule has 1 atom stereocenters. The Balaban J connectivity index is 1.39. The molecule has 1 amide bonds. The van der Waals surface area contributed by atoms with Gasteiger partial charge in [-0.05, 0) is 25.5 Å². The fourth-order valence-corrected chi connectivity index (χ4v) is 4.82. The first-order valence-electron chi connectivity index (χ1n) is 14.2. The molecule has 228 valence electrons. The van der Waals surface area contributed by atoms with Gasteiger partial charge in [-0.3, -0.25) is 4.79 Å². The van der Waals surface area contributed by atoms with E-state index in [0.717, 1.165) is 23.6 Å². The molecule has 3 heterocycles. The van der Waals surface area contributed by atoms with E-state index in [1.54, 1.807) is 6.07 Å². The van der Waals surface area contributed by atoms with E-state index in [1.165, 1.54) is 12.3 Å². The molecule has 0 spiro atoms. The Labute approximate surface area is 253 Å². The van der Waals surface area contributed by atoms with E-state index >= 15 is 0 Å². The third-order valence-corrected chi connectivity index (χ3v) is 7.40. The van der Waals surface area contributed by atoms with Gasteiger partial charge in [0.15, 0.2) is 5.82 Å². The van der Waals surface area contributed by atoms with Gasteiger partial charge in [-0.25, -0.2) is 24.7 Å². The number of rotatable bonds is 9. The minimum Gasteiger partial charge on any atom is -0.480 e. The zero-order chi connectivity index (χ0) is 31.4. The number of nitrogens with one attached hydrogen (secondary N) is 1. The van der Waals surface area contributed by atoms with Gasteiger partial charge in [0.2, 0.25) is 5.95 Å². The van der Waals surface area contributed by atoms with Gasteiger partial charge in [0.1, 0.15) is 23.2 Å². The summed E-state index contributed by atoms with van der Waals surface area (Å²) < 4.78 is 27.7. The molecule has 44 heavy (non-hydrogen) atoms. The molecule has 12 heteroatoms. The lowest BCUT2D eigenvalue weighted by Gasteiger charge is -2.35. The van der Waals surface area contributed by atoms with E-state index in [9.17, 15) is 23.5 Å². The molecule has 10 nitrogen and oxygen atoms in total. The van der Waals surface area contributed by atoms with E-state index in [1.807, 2.05) is 72.2 Å². The molecule has 0 bridgehead atoms. The third kappa shape index (κ3) is 7.31. The first-order chi connectivity index (χ1) is 21.0. The second-order valence-electron chi connectivity index (χ2n) is 11.0. The molecule has 1 unspecified atom stereocenters. The quantitative estimate of drug-likeness (QED) is 0.287. The number of piperazine rings is 1. The van der Waals surface area contributed by atoms with Gasteiger partial charge in [0.25, 0.3) is 11.8 Å². The highest BCUT2D eigenvalue weighted by atomic mass is 19.3. The van der Waals surface area contributed by atoms with E-state index in [2.05, 4.69) is 20.3 Å². The maximum absolute atomic E-state index is 13.8. The number of aliphatic carboxylic acids is 1. The largest absolute Gasteiger partial charge is 0.480 e. The summed E-state index contributed by atoms with van der Waals surface area (Å²) in [7, 11) is 0. The summed E-state index contributed by atoms with van der Waals surface area (Å²) in [6.45, 7) is 6.47. The van der Waals surface area contributed by atoms with E-state index in [-0.39, 0.29) is 23.8 Å². The topological polar surface area (TPSA) is 124 Å². The molecule has 0 aliphatic carbocycles. The fourth-order valence-electron chi connectivity index (χ4n) is 4.82. The van der Waals surface area contributed by atoms with Gasteiger partial charge in [-0.1, -0.05) is 59.7 Å². The Bertz CT molecular complexity index is 1640. The summed E-state index contributed by atoms with van der Waals surface area (Å²) in [4.78, 5) is 46.8. The van der Waals surface area contributed by atoms with Crippen LogP contribution >= 0.6 is 0 Å². The van der Waals surface area contributed by atoms with Crippen LogP contribution in [0.5, 0.6) is 0 Å². The first kappa shape index (κ1) is 30.5. The lowest BCUT2D eigenvalue weighted by Crippen LogP contribution is -2.47. The van der Waals surface area contributed by atoms with E-state index < -0.39 is 23.8 Å². The lowest BCUT2D eigenvalue weighted by atomic mass is 10.0. The van der Waals surface area contributed by atoms with Crippen molar-refractivity contribution in [3.05, 3.63) is 94.9 Å². The highest BCUT2D eigenvalue weighted by Crippen LogP contribution is 2.27. The number of carboxylic acid groups (broad SMARTS) is 1. The molecule has 1 fully saturated rings. The molecule has 0 radical (unpaired) electrons. The highest BCUT2D eigenvalue weighted by molar-refractivity contribution is 5.96. The normalized spacial score (nSPS) is 14.3. The molecule has 1 saturated heterocycles. The average molecular weight is 602 g/mol.